The molecule has 0 aliphatic heterocycles. The molecular formula is C48H81KO7S. The number of ether oxygens (including phenoxy) is 2. The van der Waals surface area contributed by atoms with Crippen molar-refractivity contribution < 1.29 is 83.4 Å². The molecule has 9 heteroatoms. The maximum Gasteiger partial charge on any atom is 1.00 e. The van der Waals surface area contributed by atoms with Crippen molar-refractivity contribution in [2.24, 2.45) is 0 Å². The SMILES string of the molecule is CCCCCCCCCCCCCCC/C=C/CCCOC(=O)c1ccc(S(=O)(=O)[O-])cc1C(=O)OCCC/C=C/CCCCCCCCCCCCCCC.[K+]. The van der Waals surface area contributed by atoms with Gasteiger partial charge < -0.3 is 14.0 Å². The standard InChI is InChI=1S/C48H82O7S.K/c1-3-5-7-9-11-13-15-17-19-21-23-25-27-29-31-33-35-37-41-54-47(49)45-40-39-44(56(51,52)53)43-46(45)48(50)55-42-38-36-34-32-30-28-26-24-22-20-18-16-14-12-10-8-6-4-2;/h31-34,39-40,43H,3-30,35-38,41-42H2,1-2H3,(H,51,52,53);/q;+1/p-1/b33-31+,34-32+;. The van der Waals surface area contributed by atoms with Crippen LogP contribution in [0.15, 0.2) is 47.4 Å². The molecule has 0 saturated carbocycles. The van der Waals surface area contributed by atoms with Crippen LogP contribution in [0.5, 0.6) is 0 Å². The largest absolute Gasteiger partial charge is 1.00 e. The number of carbonyl (C=O) groups is 2. The Kier molecular flexibility index (Phi) is 40.0. The maximum atomic E-state index is 12.9. The molecule has 0 N–H and O–H groups in total. The van der Waals surface area contributed by atoms with Crippen molar-refractivity contribution in [3.8, 4) is 0 Å². The van der Waals surface area contributed by atoms with Crippen molar-refractivity contribution in [3.63, 3.8) is 0 Å². The van der Waals surface area contributed by atoms with E-state index >= 15 is 0 Å². The smallest absolute Gasteiger partial charge is 0.744 e. The minimum Gasteiger partial charge on any atom is -0.744 e. The van der Waals surface area contributed by atoms with Crippen LogP contribution in [0.25, 0.3) is 0 Å². The van der Waals surface area contributed by atoms with Gasteiger partial charge in [-0.15, -0.1) is 0 Å². The van der Waals surface area contributed by atoms with Crippen molar-refractivity contribution in [1.82, 2.24) is 0 Å². The number of benzene rings is 1. The number of rotatable bonds is 39. The Hall–Kier alpha value is -0.814. The topological polar surface area (TPSA) is 110 Å². The van der Waals surface area contributed by atoms with Crippen LogP contribution < -0.4 is 51.4 Å². The normalized spacial score (nSPS) is 11.7. The van der Waals surface area contributed by atoms with Crippen LogP contribution in [0, 0.1) is 0 Å². The minimum atomic E-state index is -4.83. The van der Waals surface area contributed by atoms with Gasteiger partial charge in [-0.3, -0.25) is 0 Å². The maximum absolute atomic E-state index is 12.9. The number of hydrogen-bond donors (Lipinski definition) is 0. The number of hydrogen-bond acceptors (Lipinski definition) is 7. The Morgan fingerprint density at radius 3 is 1.11 bits per heavy atom. The van der Waals surface area contributed by atoms with E-state index in [9.17, 15) is 22.6 Å². The summed E-state index contributed by atoms with van der Waals surface area (Å²) in [7, 11) is -4.83. The van der Waals surface area contributed by atoms with Crippen LogP contribution in [0.4, 0.5) is 0 Å². The first kappa shape index (κ1) is 56.2. The van der Waals surface area contributed by atoms with E-state index in [1.165, 1.54) is 167 Å². The molecule has 0 radical (unpaired) electrons. The molecule has 0 aliphatic carbocycles. The van der Waals surface area contributed by atoms with E-state index in [4.69, 9.17) is 9.47 Å². The number of esters is 2. The van der Waals surface area contributed by atoms with Crippen LogP contribution in [0.3, 0.4) is 0 Å². The second kappa shape index (κ2) is 40.6. The molecule has 0 unspecified atom stereocenters. The molecule has 1 rings (SSSR count). The molecule has 0 fully saturated rings. The molecule has 0 heterocycles. The van der Waals surface area contributed by atoms with Crippen LogP contribution in [-0.4, -0.2) is 38.1 Å². The third-order valence-corrected chi connectivity index (χ3v) is 11.3. The van der Waals surface area contributed by atoms with Crippen LogP contribution >= 0.6 is 0 Å². The third-order valence-electron chi connectivity index (χ3n) is 10.5. The fraction of sp³-hybridized carbons (Fsp3) is 0.750. The van der Waals surface area contributed by atoms with E-state index in [1.807, 2.05) is 0 Å². The average molecular weight is 841 g/mol. The molecule has 0 saturated heterocycles. The molecule has 7 nitrogen and oxygen atoms in total. The van der Waals surface area contributed by atoms with Crippen LogP contribution in [0.2, 0.25) is 0 Å². The molecule has 0 aliphatic rings. The Balaban J connectivity index is 0.0000314. The first-order valence-electron chi connectivity index (χ1n) is 23.0. The molecular weight excluding hydrogens is 760 g/mol. The Morgan fingerprint density at radius 1 is 0.474 bits per heavy atom. The molecule has 0 spiro atoms. The van der Waals surface area contributed by atoms with Gasteiger partial charge >= 0.3 is 63.3 Å². The van der Waals surface area contributed by atoms with Gasteiger partial charge in [-0.05, 0) is 69.6 Å². The number of unbranched alkanes of at least 4 members (excludes halogenated alkanes) is 28. The van der Waals surface area contributed by atoms with Gasteiger partial charge in [-0.2, -0.15) is 0 Å². The fourth-order valence-corrected chi connectivity index (χ4v) is 7.44. The van der Waals surface area contributed by atoms with E-state index in [0.29, 0.717) is 12.8 Å². The fourth-order valence-electron chi connectivity index (χ4n) is 6.94. The summed E-state index contributed by atoms with van der Waals surface area (Å²) in [6, 6.07) is 3.09. The molecule has 322 valence electrons. The van der Waals surface area contributed by atoms with Crippen molar-refractivity contribution in [1.29, 1.82) is 0 Å². The second-order valence-electron chi connectivity index (χ2n) is 15.7. The molecule has 57 heavy (non-hydrogen) atoms. The van der Waals surface area contributed by atoms with Gasteiger partial charge in [0.2, 0.25) is 0 Å². The van der Waals surface area contributed by atoms with Gasteiger partial charge in [0.05, 0.1) is 29.2 Å². The summed E-state index contributed by atoms with van der Waals surface area (Å²) in [5, 5.41) is 0. The van der Waals surface area contributed by atoms with Crippen molar-refractivity contribution in [2.75, 3.05) is 13.2 Å². The first-order valence-corrected chi connectivity index (χ1v) is 24.5. The Labute approximate surface area is 392 Å². The first-order chi connectivity index (χ1) is 27.3. The summed E-state index contributed by atoms with van der Waals surface area (Å²) in [6.45, 7) is 4.79. The molecule has 1 aromatic carbocycles. The zero-order valence-electron chi connectivity index (χ0n) is 36.8. The van der Waals surface area contributed by atoms with E-state index in [-0.39, 0.29) is 75.7 Å². The predicted octanol–water partition coefficient (Wildman–Crippen LogP) is 11.5. The Bertz CT molecular complexity index is 1280. The van der Waals surface area contributed by atoms with Crippen molar-refractivity contribution in [2.45, 2.75) is 224 Å². The van der Waals surface area contributed by atoms with Crippen molar-refractivity contribution >= 4 is 22.1 Å². The van der Waals surface area contributed by atoms with Crippen molar-refractivity contribution in [3.05, 3.63) is 53.6 Å². The third kappa shape index (κ3) is 33.6. The molecule has 0 amide bonds. The summed E-state index contributed by atoms with van der Waals surface area (Å²) in [5.74, 6) is -1.60. The van der Waals surface area contributed by atoms with Gasteiger partial charge in [0.25, 0.3) is 0 Å². The molecule has 0 bridgehead atoms. The number of carbonyl (C=O) groups excluding carboxylic acids is 2. The summed E-state index contributed by atoms with van der Waals surface area (Å²) in [6.07, 6.45) is 48.2. The zero-order chi connectivity index (χ0) is 40.8. The van der Waals surface area contributed by atoms with E-state index < -0.39 is 27.0 Å². The summed E-state index contributed by atoms with van der Waals surface area (Å²) in [5.41, 5.74) is -0.388. The van der Waals surface area contributed by atoms with Crippen LogP contribution in [-0.2, 0) is 19.6 Å². The summed E-state index contributed by atoms with van der Waals surface area (Å²) in [4.78, 5) is 25.2. The van der Waals surface area contributed by atoms with E-state index in [1.54, 1.807) is 0 Å². The minimum absolute atomic E-state index is 0. The molecule has 0 aromatic heterocycles. The summed E-state index contributed by atoms with van der Waals surface area (Å²) < 4.78 is 45.7. The zero-order valence-corrected chi connectivity index (χ0v) is 40.8. The van der Waals surface area contributed by atoms with Gasteiger partial charge in [0.1, 0.15) is 10.1 Å². The van der Waals surface area contributed by atoms with Crippen LogP contribution in [0.1, 0.15) is 240 Å². The molecule has 0 atom stereocenters. The average Bonchev–Trinajstić information content (AvgIpc) is 3.18. The number of allylic oxidation sites excluding steroid dienone is 4. The van der Waals surface area contributed by atoms with E-state index in [0.717, 1.165) is 43.9 Å². The Morgan fingerprint density at radius 2 is 0.772 bits per heavy atom. The summed E-state index contributed by atoms with van der Waals surface area (Å²) >= 11 is 0. The predicted molar refractivity (Wildman–Crippen MR) is 232 cm³/mol. The van der Waals surface area contributed by atoms with Gasteiger partial charge in [0, 0.05) is 0 Å². The monoisotopic (exact) mass is 841 g/mol. The van der Waals surface area contributed by atoms with Gasteiger partial charge in [-0.1, -0.05) is 192 Å². The van der Waals surface area contributed by atoms with Gasteiger partial charge in [0.15, 0.2) is 0 Å². The van der Waals surface area contributed by atoms with Gasteiger partial charge in [-0.25, -0.2) is 18.0 Å². The van der Waals surface area contributed by atoms with E-state index in [2.05, 4.69) is 38.2 Å². The molecule has 1 aromatic rings. The quantitative estimate of drug-likeness (QED) is 0.0213. The second-order valence-corrected chi connectivity index (χ2v) is 17.1.